The summed E-state index contributed by atoms with van der Waals surface area (Å²) in [6.45, 7) is 12.7. The molecule has 0 saturated carbocycles. The van der Waals surface area contributed by atoms with Crippen LogP contribution in [0.4, 0.5) is 10.1 Å². The number of piperazine rings is 1. The molecule has 294 valence electrons. The maximum atomic E-state index is 15.2. The number of ether oxygens (including phenoxy) is 1. The van der Waals surface area contributed by atoms with Crippen molar-refractivity contribution in [3.63, 3.8) is 0 Å². The van der Waals surface area contributed by atoms with Crippen molar-refractivity contribution < 1.29 is 18.7 Å². The van der Waals surface area contributed by atoms with Crippen molar-refractivity contribution in [2.24, 2.45) is 0 Å². The number of hydrogen-bond acceptors (Lipinski definition) is 8. The number of rotatable bonds is 13. The minimum absolute atomic E-state index is 0.203. The lowest BCUT2D eigenvalue weighted by atomic mass is 10.00. The van der Waals surface area contributed by atoms with E-state index in [1.807, 2.05) is 29.9 Å². The minimum Gasteiger partial charge on any atom is -0.381 e. The van der Waals surface area contributed by atoms with Gasteiger partial charge < -0.3 is 25.6 Å². The number of fused-ring (bicyclic) bond motifs is 1. The Balaban J connectivity index is 1.01. The molecule has 2 amide bonds. The van der Waals surface area contributed by atoms with Crippen molar-refractivity contribution in [3.05, 3.63) is 112 Å². The molecule has 0 spiro atoms. The summed E-state index contributed by atoms with van der Waals surface area (Å²) >= 11 is 0. The first kappa shape index (κ1) is 39.1. The van der Waals surface area contributed by atoms with Gasteiger partial charge in [-0.05, 0) is 93.2 Å². The average Bonchev–Trinajstić information content (AvgIpc) is 3.64. The molecule has 3 N–H and O–H groups in total. The molecular formula is C44H53FN8O3. The number of carbonyl (C=O) groups excluding carboxylic acids is 2. The van der Waals surface area contributed by atoms with Crippen LogP contribution in [0, 0.1) is 5.82 Å². The van der Waals surface area contributed by atoms with E-state index in [9.17, 15) is 9.59 Å². The predicted octanol–water partition coefficient (Wildman–Crippen LogP) is 6.41. The number of hydrogen-bond donors (Lipinski definition) is 3. The van der Waals surface area contributed by atoms with Crippen LogP contribution in [0.5, 0.6) is 0 Å². The second-order valence-corrected chi connectivity index (χ2v) is 15.0. The zero-order valence-electron chi connectivity index (χ0n) is 32.9. The topological polar surface area (TPSA) is 117 Å². The van der Waals surface area contributed by atoms with E-state index in [2.05, 4.69) is 63.9 Å². The lowest BCUT2D eigenvalue weighted by Gasteiger charge is -2.37. The molecule has 1 atom stereocenters. The molecule has 2 aliphatic heterocycles. The number of halogens is 1. The number of aromatic nitrogens is 3. The first-order chi connectivity index (χ1) is 27.2. The van der Waals surface area contributed by atoms with Crippen LogP contribution in [0.1, 0.15) is 76.7 Å². The largest absolute Gasteiger partial charge is 0.381 e. The highest BCUT2D eigenvalue weighted by atomic mass is 19.1. The van der Waals surface area contributed by atoms with Crippen molar-refractivity contribution in [1.29, 1.82) is 0 Å². The Morgan fingerprint density at radius 3 is 2.39 bits per heavy atom. The SMILES string of the molecule is CCc1nc2c(cnn2CC)c(NC2CCOCC2)c1CNC(=O)c1cccc(C(=O)NCc2ccc(F)c(-c3cccc(CN4CCN(C)C(C)C4)c3)c2)c1. The first-order valence-corrected chi connectivity index (χ1v) is 19.9. The molecule has 0 radical (unpaired) electrons. The number of nitrogens with zero attached hydrogens (tertiary/aromatic N) is 5. The molecule has 2 fully saturated rings. The number of amides is 2. The third kappa shape index (κ3) is 8.93. The van der Waals surface area contributed by atoms with E-state index in [0.717, 1.165) is 83.7 Å². The fourth-order valence-electron chi connectivity index (χ4n) is 7.72. The molecule has 2 aromatic heterocycles. The molecule has 1 unspecified atom stereocenters. The molecule has 0 aliphatic carbocycles. The number of benzene rings is 3. The Morgan fingerprint density at radius 2 is 1.66 bits per heavy atom. The highest BCUT2D eigenvalue weighted by Gasteiger charge is 2.23. The predicted molar refractivity (Wildman–Crippen MR) is 218 cm³/mol. The van der Waals surface area contributed by atoms with Gasteiger partial charge in [-0.2, -0.15) is 5.10 Å². The smallest absolute Gasteiger partial charge is 0.251 e. The van der Waals surface area contributed by atoms with Gasteiger partial charge in [-0.15, -0.1) is 0 Å². The van der Waals surface area contributed by atoms with Gasteiger partial charge in [-0.1, -0.05) is 37.3 Å². The number of carbonyl (C=O) groups is 2. The van der Waals surface area contributed by atoms with Crippen molar-refractivity contribution in [1.82, 2.24) is 35.2 Å². The van der Waals surface area contributed by atoms with Crippen LogP contribution in [-0.4, -0.2) is 88.4 Å². The summed E-state index contributed by atoms with van der Waals surface area (Å²) in [6.07, 6.45) is 4.31. The lowest BCUT2D eigenvalue weighted by Crippen LogP contribution is -2.49. The number of nitrogens with one attached hydrogen (secondary N) is 3. The van der Waals surface area contributed by atoms with Crippen LogP contribution in [0.2, 0.25) is 0 Å². The monoisotopic (exact) mass is 760 g/mol. The van der Waals surface area contributed by atoms with Crippen LogP contribution >= 0.6 is 0 Å². The highest BCUT2D eigenvalue weighted by Crippen LogP contribution is 2.31. The van der Waals surface area contributed by atoms with Crippen LogP contribution in [0.15, 0.2) is 72.9 Å². The number of pyridine rings is 1. The van der Waals surface area contributed by atoms with Gasteiger partial charge in [0.05, 0.1) is 17.3 Å². The molecule has 12 heteroatoms. The summed E-state index contributed by atoms with van der Waals surface area (Å²) in [5.74, 6) is -0.934. The molecule has 3 aromatic carbocycles. The van der Waals surface area contributed by atoms with Crippen LogP contribution in [-0.2, 0) is 37.3 Å². The maximum absolute atomic E-state index is 15.2. The summed E-state index contributed by atoms with van der Waals surface area (Å²) in [5.41, 5.74) is 7.54. The van der Waals surface area contributed by atoms with Gasteiger partial charge in [-0.3, -0.25) is 14.5 Å². The second kappa shape index (κ2) is 17.7. The molecule has 5 aromatic rings. The van der Waals surface area contributed by atoms with E-state index in [1.54, 1.807) is 36.4 Å². The van der Waals surface area contributed by atoms with Crippen LogP contribution in [0.3, 0.4) is 0 Å². The van der Waals surface area contributed by atoms with Crippen LogP contribution in [0.25, 0.3) is 22.2 Å². The molecule has 56 heavy (non-hydrogen) atoms. The first-order valence-electron chi connectivity index (χ1n) is 19.9. The van der Waals surface area contributed by atoms with Gasteiger partial charge in [0.2, 0.25) is 0 Å². The molecule has 4 heterocycles. The molecule has 0 bridgehead atoms. The number of anilines is 1. The van der Waals surface area contributed by atoms with Crippen molar-refractivity contribution >= 4 is 28.5 Å². The number of aryl methyl sites for hydroxylation is 2. The summed E-state index contributed by atoms with van der Waals surface area (Å²) in [5, 5.41) is 15.3. The van der Waals surface area contributed by atoms with Gasteiger partial charge in [-0.25, -0.2) is 14.1 Å². The standard InChI is InChI=1S/C44H53FN8O3/c1-5-40-37(41(49-35-15-19-56-20-16-35)38-26-48-53(6-2)42(38)50-40)25-47-44(55)34-12-8-11-33(23-34)43(54)46-24-30-13-14-39(45)36(22-30)32-10-7-9-31(21-32)28-52-18-17-51(4)29(3)27-52/h7-14,21-23,26,29,35H,5-6,15-20,24-25,27-28H2,1-4H3,(H,46,54)(H,47,55)(H,49,50). The Morgan fingerprint density at radius 1 is 0.911 bits per heavy atom. The van der Waals surface area contributed by atoms with Gasteiger partial charge in [0.15, 0.2) is 5.65 Å². The summed E-state index contributed by atoms with van der Waals surface area (Å²) < 4.78 is 22.7. The van der Waals surface area contributed by atoms with Crippen molar-refractivity contribution in [3.8, 4) is 11.1 Å². The Labute approximate surface area is 328 Å². The van der Waals surface area contributed by atoms with E-state index < -0.39 is 0 Å². The lowest BCUT2D eigenvalue weighted by molar-refractivity contribution is 0.0904. The zero-order chi connectivity index (χ0) is 39.2. The fourth-order valence-corrected chi connectivity index (χ4v) is 7.72. The van der Waals surface area contributed by atoms with Crippen molar-refractivity contribution in [2.45, 2.75) is 78.3 Å². The quantitative estimate of drug-likeness (QED) is 0.126. The molecule has 2 saturated heterocycles. The van der Waals surface area contributed by atoms with E-state index >= 15 is 4.39 Å². The van der Waals surface area contributed by atoms with E-state index in [-0.39, 0.29) is 36.8 Å². The Hall–Kier alpha value is -5.17. The summed E-state index contributed by atoms with van der Waals surface area (Å²) in [6, 6.07) is 20.4. The third-order valence-corrected chi connectivity index (χ3v) is 11.2. The Bertz CT molecular complexity index is 2180. The van der Waals surface area contributed by atoms with Gasteiger partial charge in [0.1, 0.15) is 5.82 Å². The van der Waals surface area contributed by atoms with E-state index in [1.165, 1.54) is 6.07 Å². The molecule has 2 aliphatic rings. The summed E-state index contributed by atoms with van der Waals surface area (Å²) in [4.78, 5) is 36.8. The minimum atomic E-state index is -0.326. The van der Waals surface area contributed by atoms with Crippen LogP contribution < -0.4 is 16.0 Å². The molecule has 11 nitrogen and oxygen atoms in total. The summed E-state index contributed by atoms with van der Waals surface area (Å²) in [7, 11) is 2.16. The van der Waals surface area contributed by atoms with Gasteiger partial charge >= 0.3 is 0 Å². The van der Waals surface area contributed by atoms with Gasteiger partial charge in [0.25, 0.3) is 11.8 Å². The normalized spacial score (nSPS) is 16.9. The highest BCUT2D eigenvalue weighted by molar-refractivity contribution is 6.00. The number of likely N-dealkylation sites (N-methyl/N-ethyl adjacent to an activating group) is 1. The maximum Gasteiger partial charge on any atom is 0.251 e. The van der Waals surface area contributed by atoms with E-state index in [4.69, 9.17) is 9.72 Å². The Kier molecular flexibility index (Phi) is 12.4. The second-order valence-electron chi connectivity index (χ2n) is 15.0. The molecular weight excluding hydrogens is 708 g/mol. The van der Waals surface area contributed by atoms with Gasteiger partial charge in [0, 0.05) is 99.1 Å². The third-order valence-electron chi connectivity index (χ3n) is 11.2. The molecule has 7 rings (SSSR count). The van der Waals surface area contributed by atoms with E-state index in [0.29, 0.717) is 48.9 Å². The fraction of sp³-hybridized carbons (Fsp3) is 0.409. The average molecular weight is 761 g/mol. The zero-order valence-corrected chi connectivity index (χ0v) is 32.9. The van der Waals surface area contributed by atoms with Crippen molar-refractivity contribution in [2.75, 3.05) is 45.2 Å².